The summed E-state index contributed by atoms with van der Waals surface area (Å²) >= 11 is 0. The van der Waals surface area contributed by atoms with Crippen LogP contribution in [0.15, 0.2) is 36.4 Å². The lowest BCUT2D eigenvalue weighted by Crippen LogP contribution is -2.28. The monoisotopic (exact) mass is 280 g/mol. The third-order valence-electron chi connectivity index (χ3n) is 3.14. The van der Waals surface area contributed by atoms with Crippen LogP contribution in [0.5, 0.6) is 0 Å². The van der Waals surface area contributed by atoms with Gasteiger partial charge >= 0.3 is 0 Å². The number of nitrogens with one attached hydrogen (secondary N) is 1. The molecule has 0 aliphatic rings. The number of hydrogen-bond donors (Lipinski definition) is 1. The molecule has 0 saturated heterocycles. The van der Waals surface area contributed by atoms with E-state index in [0.29, 0.717) is 12.6 Å². The van der Waals surface area contributed by atoms with E-state index in [1.165, 1.54) is 0 Å². The summed E-state index contributed by atoms with van der Waals surface area (Å²) in [5, 5.41) is 2.73. The maximum atomic E-state index is 13.5. The van der Waals surface area contributed by atoms with Gasteiger partial charge in [0.25, 0.3) is 5.95 Å². The summed E-state index contributed by atoms with van der Waals surface area (Å²) < 4.78 is 39.3. The van der Waals surface area contributed by atoms with Crippen molar-refractivity contribution in [1.82, 2.24) is 4.98 Å². The lowest BCUT2D eigenvalue weighted by molar-refractivity contribution is 0.464. The van der Waals surface area contributed by atoms with Gasteiger partial charge in [0.15, 0.2) is 17.5 Å². The molecular weight excluding hydrogens is 265 g/mol. The van der Waals surface area contributed by atoms with E-state index in [9.17, 15) is 13.2 Å². The van der Waals surface area contributed by atoms with E-state index in [4.69, 9.17) is 0 Å². The Bertz CT molecular complexity index is 598. The van der Waals surface area contributed by atoms with Crippen LogP contribution in [0.1, 0.15) is 19.4 Å². The van der Waals surface area contributed by atoms with Crippen LogP contribution in [-0.2, 0) is 5.41 Å². The lowest BCUT2D eigenvalue weighted by atomic mass is 9.84. The minimum Gasteiger partial charge on any atom is -0.367 e. The summed E-state index contributed by atoms with van der Waals surface area (Å²) in [6, 6.07) is 10.1. The van der Waals surface area contributed by atoms with E-state index >= 15 is 0 Å². The second-order valence-corrected chi connectivity index (χ2v) is 5.19. The molecule has 0 fully saturated rings. The Hall–Kier alpha value is -2.04. The summed E-state index contributed by atoms with van der Waals surface area (Å²) in [6.07, 6.45) is 0. The van der Waals surface area contributed by atoms with Crippen LogP contribution in [0.25, 0.3) is 0 Å². The molecule has 0 saturated carbocycles. The third-order valence-corrected chi connectivity index (χ3v) is 3.14. The minimum absolute atomic E-state index is 0.284. The fourth-order valence-electron chi connectivity index (χ4n) is 1.86. The zero-order valence-corrected chi connectivity index (χ0v) is 11.3. The van der Waals surface area contributed by atoms with Crippen molar-refractivity contribution in [3.63, 3.8) is 0 Å². The van der Waals surface area contributed by atoms with Crippen molar-refractivity contribution >= 4 is 5.82 Å². The number of pyridine rings is 1. The summed E-state index contributed by atoms with van der Waals surface area (Å²) in [5.41, 5.74) is 0.746. The Labute approximate surface area is 115 Å². The second-order valence-electron chi connectivity index (χ2n) is 5.19. The van der Waals surface area contributed by atoms with Gasteiger partial charge in [0.1, 0.15) is 0 Å². The predicted molar refractivity (Wildman–Crippen MR) is 72.1 cm³/mol. The number of rotatable bonds is 4. The molecule has 106 valence electrons. The summed E-state index contributed by atoms with van der Waals surface area (Å²) in [6.45, 7) is 4.27. The van der Waals surface area contributed by atoms with Crippen LogP contribution in [0.3, 0.4) is 0 Å². The van der Waals surface area contributed by atoms with Crippen molar-refractivity contribution in [3.8, 4) is 0 Å². The Kier molecular flexibility index (Phi) is 3.97. The fourth-order valence-corrected chi connectivity index (χ4v) is 1.86. The molecule has 20 heavy (non-hydrogen) atoms. The molecule has 0 aliphatic heterocycles. The first kappa shape index (κ1) is 14.4. The molecule has 0 unspecified atom stereocenters. The maximum absolute atomic E-state index is 13.5. The van der Waals surface area contributed by atoms with Gasteiger partial charge in [-0.1, -0.05) is 44.2 Å². The summed E-state index contributed by atoms with van der Waals surface area (Å²) in [4.78, 5) is 3.24. The molecule has 0 bridgehead atoms. The molecule has 0 spiro atoms. The molecule has 0 aliphatic carbocycles. The van der Waals surface area contributed by atoms with Gasteiger partial charge in [-0.25, -0.2) is 8.78 Å². The SMILES string of the molecule is CC(C)(CNc1nc(F)c(F)cc1F)c1ccccc1. The van der Waals surface area contributed by atoms with E-state index in [2.05, 4.69) is 10.3 Å². The van der Waals surface area contributed by atoms with E-state index in [1.807, 2.05) is 44.2 Å². The van der Waals surface area contributed by atoms with Crippen LogP contribution < -0.4 is 5.32 Å². The number of nitrogens with zero attached hydrogens (tertiary/aromatic N) is 1. The molecule has 1 aromatic heterocycles. The minimum atomic E-state index is -1.31. The largest absolute Gasteiger partial charge is 0.367 e. The second kappa shape index (κ2) is 5.53. The highest BCUT2D eigenvalue weighted by Gasteiger charge is 2.21. The summed E-state index contributed by atoms with van der Waals surface area (Å²) in [5.74, 6) is -3.80. The van der Waals surface area contributed by atoms with Crippen LogP contribution in [-0.4, -0.2) is 11.5 Å². The van der Waals surface area contributed by atoms with Crippen molar-refractivity contribution in [3.05, 3.63) is 59.5 Å². The Morgan fingerprint density at radius 2 is 1.70 bits per heavy atom. The van der Waals surface area contributed by atoms with Crippen molar-refractivity contribution < 1.29 is 13.2 Å². The Morgan fingerprint density at radius 3 is 2.35 bits per heavy atom. The number of anilines is 1. The van der Waals surface area contributed by atoms with Crippen molar-refractivity contribution in [2.45, 2.75) is 19.3 Å². The van der Waals surface area contributed by atoms with Gasteiger partial charge in [-0.05, 0) is 5.56 Å². The molecule has 2 aromatic rings. The van der Waals surface area contributed by atoms with E-state index in [1.54, 1.807) is 0 Å². The normalized spacial score (nSPS) is 11.4. The van der Waals surface area contributed by atoms with Crippen LogP contribution >= 0.6 is 0 Å². The molecule has 0 amide bonds. The van der Waals surface area contributed by atoms with Crippen LogP contribution in [0.4, 0.5) is 19.0 Å². The first-order valence-corrected chi connectivity index (χ1v) is 6.21. The fraction of sp³-hybridized carbons (Fsp3) is 0.267. The molecular formula is C15H15F3N2. The standard InChI is InChI=1S/C15H15F3N2/c1-15(2,10-6-4-3-5-7-10)9-19-14-12(17)8-11(16)13(18)20-14/h3-8H,9H2,1-2H3,(H,19,20). The van der Waals surface area contributed by atoms with E-state index < -0.39 is 17.6 Å². The average molecular weight is 280 g/mol. The summed E-state index contributed by atoms with van der Waals surface area (Å²) in [7, 11) is 0. The zero-order valence-electron chi connectivity index (χ0n) is 11.3. The number of hydrogen-bond acceptors (Lipinski definition) is 2. The lowest BCUT2D eigenvalue weighted by Gasteiger charge is -2.26. The number of halogens is 3. The quantitative estimate of drug-likeness (QED) is 0.859. The number of aromatic nitrogens is 1. The molecule has 1 aromatic carbocycles. The highest BCUT2D eigenvalue weighted by atomic mass is 19.2. The molecule has 0 atom stereocenters. The highest BCUT2D eigenvalue weighted by molar-refractivity contribution is 5.38. The van der Waals surface area contributed by atoms with Crippen molar-refractivity contribution in [1.29, 1.82) is 0 Å². The van der Waals surface area contributed by atoms with Gasteiger partial charge in [-0.2, -0.15) is 9.37 Å². The Morgan fingerprint density at radius 1 is 1.05 bits per heavy atom. The van der Waals surface area contributed by atoms with Crippen LogP contribution in [0, 0.1) is 17.6 Å². The molecule has 2 nitrogen and oxygen atoms in total. The molecule has 5 heteroatoms. The predicted octanol–water partition coefficient (Wildman–Crippen LogP) is 3.89. The first-order chi connectivity index (χ1) is 9.40. The molecule has 1 heterocycles. The molecule has 1 N–H and O–H groups in total. The van der Waals surface area contributed by atoms with E-state index in [0.717, 1.165) is 5.56 Å². The topological polar surface area (TPSA) is 24.9 Å². The zero-order chi connectivity index (χ0) is 14.8. The van der Waals surface area contributed by atoms with Crippen molar-refractivity contribution in [2.75, 3.05) is 11.9 Å². The Balaban J connectivity index is 2.14. The van der Waals surface area contributed by atoms with Crippen molar-refractivity contribution in [2.24, 2.45) is 0 Å². The maximum Gasteiger partial charge on any atom is 0.251 e. The van der Waals surface area contributed by atoms with Gasteiger partial charge in [-0.3, -0.25) is 0 Å². The average Bonchev–Trinajstić information content (AvgIpc) is 2.42. The highest BCUT2D eigenvalue weighted by Crippen LogP contribution is 2.24. The first-order valence-electron chi connectivity index (χ1n) is 6.21. The number of benzene rings is 1. The van der Waals surface area contributed by atoms with Gasteiger partial charge < -0.3 is 5.32 Å². The third kappa shape index (κ3) is 3.10. The van der Waals surface area contributed by atoms with Gasteiger partial charge in [0.2, 0.25) is 0 Å². The molecule has 2 rings (SSSR count). The van der Waals surface area contributed by atoms with Crippen LogP contribution in [0.2, 0.25) is 0 Å². The van der Waals surface area contributed by atoms with Gasteiger partial charge in [0.05, 0.1) is 0 Å². The van der Waals surface area contributed by atoms with Gasteiger partial charge in [0, 0.05) is 18.0 Å². The van der Waals surface area contributed by atoms with Gasteiger partial charge in [-0.15, -0.1) is 0 Å². The molecule has 0 radical (unpaired) electrons. The van der Waals surface area contributed by atoms with E-state index in [-0.39, 0.29) is 11.2 Å². The smallest absolute Gasteiger partial charge is 0.251 e.